The van der Waals surface area contributed by atoms with E-state index in [1.54, 1.807) is 0 Å². The highest BCUT2D eigenvalue weighted by Gasteiger charge is 2.42. The van der Waals surface area contributed by atoms with E-state index in [-0.39, 0.29) is 5.41 Å². The average Bonchev–Trinajstić information content (AvgIpc) is 3.28. The zero-order valence-corrected chi connectivity index (χ0v) is 11.2. The molecule has 3 nitrogen and oxygen atoms in total. The van der Waals surface area contributed by atoms with Gasteiger partial charge in [-0.25, -0.2) is 0 Å². The molecule has 1 aliphatic rings. The van der Waals surface area contributed by atoms with E-state index in [2.05, 4.69) is 11.4 Å². The molecular weight excluding hydrogens is 248 g/mol. The van der Waals surface area contributed by atoms with Gasteiger partial charge in [0.15, 0.2) is 0 Å². The van der Waals surface area contributed by atoms with Gasteiger partial charge < -0.3 is 10.1 Å². The van der Waals surface area contributed by atoms with Crippen molar-refractivity contribution >= 4 is 5.69 Å². The van der Waals surface area contributed by atoms with Gasteiger partial charge in [-0.05, 0) is 49.2 Å². The minimum Gasteiger partial charge on any atom is -0.457 e. The van der Waals surface area contributed by atoms with E-state index in [1.165, 1.54) is 0 Å². The van der Waals surface area contributed by atoms with E-state index >= 15 is 0 Å². The third kappa shape index (κ3) is 2.92. The molecule has 1 aliphatic carbocycles. The molecule has 3 heteroatoms. The summed E-state index contributed by atoms with van der Waals surface area (Å²) in [6, 6.07) is 19.9. The van der Waals surface area contributed by atoms with Crippen molar-refractivity contribution in [2.75, 3.05) is 11.9 Å². The van der Waals surface area contributed by atoms with Crippen LogP contribution in [0.1, 0.15) is 12.8 Å². The van der Waals surface area contributed by atoms with Crippen molar-refractivity contribution in [1.82, 2.24) is 0 Å². The van der Waals surface area contributed by atoms with Crippen LogP contribution in [0.25, 0.3) is 0 Å². The Kier molecular flexibility index (Phi) is 3.30. The number of anilines is 1. The number of ether oxygens (including phenoxy) is 1. The summed E-state index contributed by atoms with van der Waals surface area (Å²) < 4.78 is 5.73. The van der Waals surface area contributed by atoms with Crippen molar-refractivity contribution in [2.45, 2.75) is 12.8 Å². The molecule has 0 unspecified atom stereocenters. The van der Waals surface area contributed by atoms with Gasteiger partial charge in [0.1, 0.15) is 11.5 Å². The Balaban J connectivity index is 1.59. The quantitative estimate of drug-likeness (QED) is 0.880. The standard InChI is InChI=1S/C17H16N2O/c18-12-17(10-11-17)13-19-14-6-8-16(9-7-14)20-15-4-2-1-3-5-15/h1-9,19H,10-11,13H2. The van der Waals surface area contributed by atoms with E-state index in [4.69, 9.17) is 10.00 Å². The summed E-state index contributed by atoms with van der Waals surface area (Å²) in [4.78, 5) is 0. The summed E-state index contributed by atoms with van der Waals surface area (Å²) in [6.45, 7) is 0.725. The lowest BCUT2D eigenvalue weighted by Gasteiger charge is -2.10. The second kappa shape index (κ2) is 5.26. The van der Waals surface area contributed by atoms with Crippen LogP contribution in [-0.2, 0) is 0 Å². The number of hydrogen-bond acceptors (Lipinski definition) is 3. The predicted molar refractivity (Wildman–Crippen MR) is 78.7 cm³/mol. The second-order valence-corrected chi connectivity index (χ2v) is 5.19. The molecule has 1 saturated carbocycles. The lowest BCUT2D eigenvalue weighted by Crippen LogP contribution is -2.13. The zero-order valence-electron chi connectivity index (χ0n) is 11.2. The smallest absolute Gasteiger partial charge is 0.127 e. The third-order valence-electron chi connectivity index (χ3n) is 3.55. The summed E-state index contributed by atoms with van der Waals surface area (Å²) in [7, 11) is 0. The second-order valence-electron chi connectivity index (χ2n) is 5.19. The number of benzene rings is 2. The Labute approximate surface area is 118 Å². The first-order chi connectivity index (χ1) is 9.80. The first-order valence-electron chi connectivity index (χ1n) is 6.78. The van der Waals surface area contributed by atoms with Gasteiger partial charge in [0.25, 0.3) is 0 Å². The SMILES string of the molecule is N#CC1(CNc2ccc(Oc3ccccc3)cc2)CC1. The normalized spacial score (nSPS) is 15.2. The van der Waals surface area contributed by atoms with Crippen molar-refractivity contribution < 1.29 is 4.74 Å². The number of hydrogen-bond donors (Lipinski definition) is 1. The minimum absolute atomic E-state index is 0.126. The van der Waals surface area contributed by atoms with E-state index in [0.717, 1.165) is 36.6 Å². The summed E-state index contributed by atoms with van der Waals surface area (Å²) in [5.74, 6) is 1.64. The third-order valence-corrected chi connectivity index (χ3v) is 3.55. The van der Waals surface area contributed by atoms with Gasteiger partial charge in [-0.1, -0.05) is 18.2 Å². The van der Waals surface area contributed by atoms with Crippen LogP contribution >= 0.6 is 0 Å². The first kappa shape index (κ1) is 12.6. The maximum Gasteiger partial charge on any atom is 0.127 e. The fourth-order valence-electron chi connectivity index (χ4n) is 2.02. The summed E-state index contributed by atoms with van der Waals surface area (Å²) in [6.07, 6.45) is 2.01. The van der Waals surface area contributed by atoms with Crippen molar-refractivity contribution in [2.24, 2.45) is 5.41 Å². The Morgan fingerprint density at radius 3 is 2.25 bits per heavy atom. The van der Waals surface area contributed by atoms with Crippen LogP contribution in [0.15, 0.2) is 54.6 Å². The molecule has 0 heterocycles. The molecule has 1 N–H and O–H groups in total. The Morgan fingerprint density at radius 1 is 1.00 bits per heavy atom. The Bertz CT molecular complexity index is 610. The monoisotopic (exact) mass is 264 g/mol. The molecule has 0 radical (unpaired) electrons. The van der Waals surface area contributed by atoms with E-state index < -0.39 is 0 Å². The fourth-order valence-corrected chi connectivity index (χ4v) is 2.02. The largest absolute Gasteiger partial charge is 0.457 e. The maximum absolute atomic E-state index is 9.03. The Hall–Kier alpha value is -2.47. The number of nitrogens with one attached hydrogen (secondary N) is 1. The molecule has 3 rings (SSSR count). The van der Waals surface area contributed by atoms with Gasteiger partial charge in [-0.3, -0.25) is 0 Å². The van der Waals surface area contributed by atoms with Gasteiger partial charge in [0, 0.05) is 12.2 Å². The predicted octanol–water partition coefficient (Wildman–Crippen LogP) is 4.19. The minimum atomic E-state index is -0.126. The highest BCUT2D eigenvalue weighted by molar-refractivity contribution is 5.47. The number of nitrogens with zero attached hydrogens (tertiary/aromatic N) is 1. The summed E-state index contributed by atoms with van der Waals surface area (Å²) >= 11 is 0. The lowest BCUT2D eigenvalue weighted by atomic mass is 10.1. The molecule has 1 fully saturated rings. The first-order valence-corrected chi connectivity index (χ1v) is 6.78. The molecule has 0 saturated heterocycles. The molecule has 100 valence electrons. The molecule has 2 aromatic carbocycles. The van der Waals surface area contributed by atoms with Crippen LogP contribution in [0.5, 0.6) is 11.5 Å². The highest BCUT2D eigenvalue weighted by Crippen LogP contribution is 2.44. The van der Waals surface area contributed by atoms with Crippen LogP contribution in [0.4, 0.5) is 5.69 Å². The van der Waals surface area contributed by atoms with Gasteiger partial charge in [-0.15, -0.1) is 0 Å². The van der Waals surface area contributed by atoms with Crippen molar-refractivity contribution in [1.29, 1.82) is 5.26 Å². The molecule has 0 amide bonds. The molecule has 0 spiro atoms. The molecule has 0 aromatic heterocycles. The fraction of sp³-hybridized carbons (Fsp3) is 0.235. The maximum atomic E-state index is 9.03. The van der Waals surface area contributed by atoms with Gasteiger partial charge >= 0.3 is 0 Å². The van der Waals surface area contributed by atoms with Gasteiger partial charge in [0.2, 0.25) is 0 Å². The Morgan fingerprint density at radius 2 is 1.65 bits per heavy atom. The van der Waals surface area contributed by atoms with E-state index in [9.17, 15) is 0 Å². The topological polar surface area (TPSA) is 45.0 Å². The molecule has 0 aliphatic heterocycles. The van der Waals surface area contributed by atoms with Crippen molar-refractivity contribution in [3.63, 3.8) is 0 Å². The van der Waals surface area contributed by atoms with E-state index in [1.807, 2.05) is 54.6 Å². The summed E-state index contributed by atoms with van der Waals surface area (Å²) in [5.41, 5.74) is 0.895. The van der Waals surface area contributed by atoms with Gasteiger partial charge in [0.05, 0.1) is 11.5 Å². The molecular formula is C17H16N2O. The molecule has 2 aromatic rings. The molecule has 20 heavy (non-hydrogen) atoms. The zero-order chi connectivity index (χ0) is 13.8. The van der Waals surface area contributed by atoms with Crippen molar-refractivity contribution in [3.05, 3.63) is 54.6 Å². The van der Waals surface area contributed by atoms with Gasteiger partial charge in [-0.2, -0.15) is 5.26 Å². The van der Waals surface area contributed by atoms with Crippen LogP contribution in [0, 0.1) is 16.7 Å². The average molecular weight is 264 g/mol. The molecule has 0 atom stereocenters. The lowest BCUT2D eigenvalue weighted by molar-refractivity contribution is 0.483. The van der Waals surface area contributed by atoms with Crippen LogP contribution < -0.4 is 10.1 Å². The highest BCUT2D eigenvalue weighted by atomic mass is 16.5. The van der Waals surface area contributed by atoms with Crippen LogP contribution in [-0.4, -0.2) is 6.54 Å². The number of rotatable bonds is 5. The number of nitriles is 1. The summed E-state index contributed by atoms with van der Waals surface area (Å²) in [5, 5.41) is 12.3. The number of para-hydroxylation sites is 1. The van der Waals surface area contributed by atoms with Crippen LogP contribution in [0.2, 0.25) is 0 Å². The van der Waals surface area contributed by atoms with Crippen LogP contribution in [0.3, 0.4) is 0 Å². The van der Waals surface area contributed by atoms with E-state index in [0.29, 0.717) is 0 Å². The van der Waals surface area contributed by atoms with Crippen molar-refractivity contribution in [3.8, 4) is 17.6 Å². The molecule has 0 bridgehead atoms.